The Morgan fingerprint density at radius 3 is 1.91 bits per heavy atom. The third kappa shape index (κ3) is 3.61. The molecule has 0 fully saturated rings. The van der Waals surface area contributed by atoms with Crippen LogP contribution in [0.3, 0.4) is 0 Å². The van der Waals surface area contributed by atoms with Crippen LogP contribution in [-0.2, 0) is 21.1 Å². The summed E-state index contributed by atoms with van der Waals surface area (Å²) in [5.74, 6) is 0. The van der Waals surface area contributed by atoms with Crippen LogP contribution in [0.1, 0.15) is 5.56 Å². The smallest absolute Gasteiger partial charge is 0.337 e. The fourth-order valence-electron chi connectivity index (χ4n) is 1.97. The van der Waals surface area contributed by atoms with Crippen molar-refractivity contribution >= 4 is 31.8 Å². The zero-order valence-electron chi connectivity index (χ0n) is 12.6. The van der Waals surface area contributed by atoms with Crippen LogP contribution in [0.25, 0.3) is 0 Å². The summed E-state index contributed by atoms with van der Waals surface area (Å²) in [5.41, 5.74) is 1.58. The van der Waals surface area contributed by atoms with Gasteiger partial charge in [0, 0.05) is 38.2 Å². The van der Waals surface area contributed by atoms with Crippen molar-refractivity contribution in [3.05, 3.63) is 54.4 Å². The molecule has 2 rings (SSSR count). The minimum Gasteiger partial charge on any atom is -0.378 e. The standard InChI is InChI=1S/C15H17N2O3S2/c1-16(2)13-6-4-12(5-7-13)15(22(19)20)17-10-8-14(9-11-17)21(3)18/h4-11H,1-3H3/q+1. The van der Waals surface area contributed by atoms with E-state index in [1.54, 1.807) is 42.9 Å². The lowest BCUT2D eigenvalue weighted by Crippen LogP contribution is -2.43. The number of pyridine rings is 1. The van der Waals surface area contributed by atoms with Gasteiger partial charge in [0.25, 0.3) is 10.3 Å². The van der Waals surface area contributed by atoms with E-state index in [2.05, 4.69) is 0 Å². The molecule has 7 heteroatoms. The molecule has 1 unspecified atom stereocenters. The van der Waals surface area contributed by atoms with E-state index in [9.17, 15) is 12.6 Å². The van der Waals surface area contributed by atoms with Crippen LogP contribution in [0.15, 0.2) is 53.7 Å². The van der Waals surface area contributed by atoms with Gasteiger partial charge in [-0.25, -0.2) is 0 Å². The molecule has 0 aliphatic rings. The topological polar surface area (TPSA) is 58.3 Å². The van der Waals surface area contributed by atoms with Crippen LogP contribution in [0, 0.1) is 0 Å². The Morgan fingerprint density at radius 1 is 0.955 bits per heavy atom. The van der Waals surface area contributed by atoms with Crippen LogP contribution in [0.4, 0.5) is 5.69 Å². The molecule has 0 saturated heterocycles. The Kier molecular flexibility index (Phi) is 5.10. The Morgan fingerprint density at radius 2 is 1.50 bits per heavy atom. The van der Waals surface area contributed by atoms with Gasteiger partial charge in [-0.2, -0.15) is 13.0 Å². The van der Waals surface area contributed by atoms with E-state index in [1.807, 2.05) is 31.1 Å². The second-order valence-corrected chi connectivity index (χ2v) is 7.11. The van der Waals surface area contributed by atoms with E-state index in [0.717, 1.165) is 5.69 Å². The highest BCUT2D eigenvalue weighted by molar-refractivity contribution is 7.84. The quantitative estimate of drug-likeness (QED) is 0.611. The van der Waals surface area contributed by atoms with Crippen LogP contribution >= 0.6 is 0 Å². The molecule has 0 N–H and O–H groups in total. The zero-order valence-corrected chi connectivity index (χ0v) is 14.2. The number of aromatic nitrogens is 1. The molecule has 0 bridgehead atoms. The number of rotatable bonds is 3. The first-order chi connectivity index (χ1) is 10.4. The number of hydrogen-bond donors (Lipinski definition) is 0. The van der Waals surface area contributed by atoms with Gasteiger partial charge < -0.3 is 4.90 Å². The maximum atomic E-state index is 11.6. The Hall–Kier alpha value is -1.99. The van der Waals surface area contributed by atoms with Gasteiger partial charge in [0.05, 0.1) is 21.3 Å². The number of nitrogens with zero attached hydrogens (tertiary/aromatic N) is 2. The van der Waals surface area contributed by atoms with Gasteiger partial charge in [0.1, 0.15) is 0 Å². The molecule has 0 spiro atoms. The summed E-state index contributed by atoms with van der Waals surface area (Å²) in [7, 11) is 0.345. The van der Waals surface area contributed by atoms with Crippen LogP contribution < -0.4 is 9.47 Å². The van der Waals surface area contributed by atoms with Crippen LogP contribution in [0.2, 0.25) is 0 Å². The van der Waals surface area contributed by atoms with Crippen molar-refractivity contribution in [1.82, 2.24) is 0 Å². The first-order valence-corrected chi connectivity index (χ1v) is 9.12. The number of anilines is 1. The van der Waals surface area contributed by atoms with E-state index in [-0.39, 0.29) is 4.99 Å². The Balaban J connectivity index is 2.48. The maximum absolute atomic E-state index is 11.6. The summed E-state index contributed by atoms with van der Waals surface area (Å²) in [6, 6.07) is 10.5. The number of benzene rings is 1. The summed E-state index contributed by atoms with van der Waals surface area (Å²) >= 11 is 0. The number of hydrogen-bond acceptors (Lipinski definition) is 4. The molecule has 0 amide bonds. The molecular formula is C15H17N2O3S2+. The van der Waals surface area contributed by atoms with E-state index in [4.69, 9.17) is 0 Å². The van der Waals surface area contributed by atoms with Gasteiger partial charge in [0.15, 0.2) is 12.4 Å². The third-order valence-corrected chi connectivity index (χ3v) is 4.85. The summed E-state index contributed by atoms with van der Waals surface area (Å²) in [4.78, 5) is 2.74. The van der Waals surface area contributed by atoms with E-state index in [1.165, 1.54) is 4.57 Å². The van der Waals surface area contributed by atoms with Gasteiger partial charge in [-0.1, -0.05) is 0 Å². The maximum Gasteiger partial charge on any atom is 0.337 e. The summed E-state index contributed by atoms with van der Waals surface area (Å²) in [5, 5.41) is 0. The van der Waals surface area contributed by atoms with Crippen molar-refractivity contribution in [3.8, 4) is 0 Å². The second kappa shape index (κ2) is 6.85. The molecule has 22 heavy (non-hydrogen) atoms. The normalized spacial score (nSPS) is 11.8. The first-order valence-electron chi connectivity index (χ1n) is 6.49. The van der Waals surface area contributed by atoms with Gasteiger partial charge >= 0.3 is 4.99 Å². The van der Waals surface area contributed by atoms with Gasteiger partial charge in [0.2, 0.25) is 0 Å². The highest BCUT2D eigenvalue weighted by Gasteiger charge is 2.17. The lowest BCUT2D eigenvalue weighted by Gasteiger charge is -2.11. The fourth-order valence-corrected chi connectivity index (χ4v) is 3.10. The largest absolute Gasteiger partial charge is 0.378 e. The van der Waals surface area contributed by atoms with E-state index >= 15 is 0 Å². The SMILES string of the molecule is CN(C)c1ccc(C([n+]2ccc(S(C)=O)cc2)=S(=O)=O)cc1. The summed E-state index contributed by atoms with van der Waals surface area (Å²) < 4.78 is 36.1. The molecule has 1 heterocycles. The highest BCUT2D eigenvalue weighted by Crippen LogP contribution is 2.12. The second-order valence-electron chi connectivity index (χ2n) is 4.88. The Bertz CT molecular complexity index is 816. The van der Waals surface area contributed by atoms with Crippen molar-refractivity contribution in [1.29, 1.82) is 0 Å². The first kappa shape index (κ1) is 16.4. The fraction of sp³-hybridized carbons (Fsp3) is 0.200. The molecule has 1 atom stereocenters. The lowest BCUT2D eigenvalue weighted by atomic mass is 10.2. The lowest BCUT2D eigenvalue weighted by molar-refractivity contribution is -0.551. The predicted octanol–water partition coefficient (Wildman–Crippen LogP) is 0.683. The molecule has 1 aromatic carbocycles. The van der Waals surface area contributed by atoms with Crippen LogP contribution in [0.5, 0.6) is 0 Å². The molecule has 5 nitrogen and oxygen atoms in total. The Labute approximate surface area is 133 Å². The molecule has 2 aromatic rings. The predicted molar refractivity (Wildman–Crippen MR) is 88.2 cm³/mol. The van der Waals surface area contributed by atoms with Gasteiger partial charge in [-0.3, -0.25) is 4.21 Å². The molecule has 0 radical (unpaired) electrons. The molecule has 0 aliphatic carbocycles. The molecular weight excluding hydrogens is 320 g/mol. The average molecular weight is 337 g/mol. The summed E-state index contributed by atoms with van der Waals surface area (Å²) in [6.07, 6.45) is 4.78. The molecule has 116 valence electrons. The van der Waals surface area contributed by atoms with Crippen molar-refractivity contribution in [2.45, 2.75) is 4.90 Å². The minimum absolute atomic E-state index is 0.152. The molecule has 1 aromatic heterocycles. The van der Waals surface area contributed by atoms with Crippen molar-refractivity contribution < 1.29 is 17.2 Å². The van der Waals surface area contributed by atoms with Gasteiger partial charge in [-0.05, 0) is 24.3 Å². The average Bonchev–Trinajstić information content (AvgIpc) is 2.48. The van der Waals surface area contributed by atoms with E-state index < -0.39 is 21.1 Å². The summed E-state index contributed by atoms with van der Waals surface area (Å²) in [6.45, 7) is 0. The molecule has 0 saturated carbocycles. The van der Waals surface area contributed by atoms with Crippen LogP contribution in [-0.4, -0.2) is 38.0 Å². The molecule has 0 aliphatic heterocycles. The van der Waals surface area contributed by atoms with Gasteiger partial charge in [-0.15, -0.1) is 0 Å². The zero-order chi connectivity index (χ0) is 16.3. The van der Waals surface area contributed by atoms with Crippen molar-refractivity contribution in [3.63, 3.8) is 0 Å². The third-order valence-electron chi connectivity index (χ3n) is 3.15. The van der Waals surface area contributed by atoms with E-state index in [0.29, 0.717) is 10.5 Å². The minimum atomic E-state index is -2.40. The monoisotopic (exact) mass is 337 g/mol. The van der Waals surface area contributed by atoms with Crippen molar-refractivity contribution in [2.75, 3.05) is 25.3 Å². The highest BCUT2D eigenvalue weighted by atomic mass is 32.2. The van der Waals surface area contributed by atoms with Crippen molar-refractivity contribution in [2.24, 2.45) is 0 Å².